The molecule has 17 heavy (non-hydrogen) atoms. The van der Waals surface area contributed by atoms with Crippen LogP contribution in [0.4, 0.5) is 5.69 Å². The number of ether oxygens (including phenoxy) is 1. The molecule has 1 aromatic carbocycles. The summed E-state index contributed by atoms with van der Waals surface area (Å²) in [6.45, 7) is 1.35. The summed E-state index contributed by atoms with van der Waals surface area (Å²) in [7, 11) is 1.26. The lowest BCUT2D eigenvalue weighted by Gasteiger charge is -2.21. The average Bonchev–Trinajstić information content (AvgIpc) is 2.60. The molecular formula is C12H13NO4. The molecule has 1 heterocycles. The maximum Gasteiger partial charge on any atom is 0.317 e. The van der Waals surface area contributed by atoms with E-state index in [9.17, 15) is 14.7 Å². The van der Waals surface area contributed by atoms with Crippen molar-refractivity contribution in [2.45, 2.75) is 19.1 Å². The first-order valence-electron chi connectivity index (χ1n) is 5.22. The van der Waals surface area contributed by atoms with Crippen LogP contribution < -0.4 is 4.90 Å². The molecule has 90 valence electrons. The highest BCUT2D eigenvalue weighted by atomic mass is 16.5. The standard InChI is InChI=1S/C12H13NO4/c1-7(14)13-9-6-4-3-5-8(9)10(11(13)15)12(16)17-2/h3-6,10-11,15H,1-2H3/t10-,11+/m0/s1. The van der Waals surface area contributed by atoms with E-state index in [0.717, 1.165) is 0 Å². The van der Waals surface area contributed by atoms with Gasteiger partial charge in [-0.2, -0.15) is 0 Å². The lowest BCUT2D eigenvalue weighted by molar-refractivity contribution is -0.145. The summed E-state index contributed by atoms with van der Waals surface area (Å²) in [6.07, 6.45) is -1.20. The molecule has 0 fully saturated rings. The topological polar surface area (TPSA) is 66.8 Å². The number of rotatable bonds is 1. The molecule has 1 aromatic rings. The molecule has 0 spiro atoms. The van der Waals surface area contributed by atoms with Gasteiger partial charge in [0.25, 0.3) is 0 Å². The number of benzene rings is 1. The summed E-state index contributed by atoms with van der Waals surface area (Å²) in [5, 5.41) is 10.0. The molecule has 0 radical (unpaired) electrons. The van der Waals surface area contributed by atoms with E-state index in [2.05, 4.69) is 4.74 Å². The van der Waals surface area contributed by atoms with Crippen molar-refractivity contribution in [1.29, 1.82) is 0 Å². The summed E-state index contributed by atoms with van der Waals surface area (Å²) in [5.74, 6) is -1.69. The number of aliphatic hydroxyl groups is 1. The predicted molar refractivity (Wildman–Crippen MR) is 60.4 cm³/mol. The third-order valence-electron chi connectivity index (χ3n) is 2.89. The highest BCUT2D eigenvalue weighted by Gasteiger charge is 2.43. The molecule has 1 amide bonds. The number of nitrogens with zero attached hydrogens (tertiary/aromatic N) is 1. The van der Waals surface area contributed by atoms with Gasteiger partial charge in [0.15, 0.2) is 6.23 Å². The molecule has 1 aliphatic rings. The number of methoxy groups -OCH3 is 1. The van der Waals surface area contributed by atoms with Crippen LogP contribution in [0.1, 0.15) is 18.4 Å². The van der Waals surface area contributed by atoms with Gasteiger partial charge >= 0.3 is 5.97 Å². The summed E-state index contributed by atoms with van der Waals surface area (Å²) >= 11 is 0. The van der Waals surface area contributed by atoms with Crippen LogP contribution in [0.25, 0.3) is 0 Å². The summed E-state index contributed by atoms with van der Waals surface area (Å²) < 4.78 is 4.65. The fourth-order valence-corrected chi connectivity index (χ4v) is 2.15. The fourth-order valence-electron chi connectivity index (χ4n) is 2.15. The minimum absolute atomic E-state index is 0.309. The molecule has 0 saturated carbocycles. The van der Waals surface area contributed by atoms with Gasteiger partial charge in [0.05, 0.1) is 12.8 Å². The number of amides is 1. The maximum absolute atomic E-state index is 11.6. The first-order valence-corrected chi connectivity index (χ1v) is 5.22. The molecular weight excluding hydrogens is 222 g/mol. The van der Waals surface area contributed by atoms with Crippen LogP contribution in [-0.4, -0.2) is 30.3 Å². The first kappa shape index (κ1) is 11.6. The van der Waals surface area contributed by atoms with Crippen LogP contribution in [0.5, 0.6) is 0 Å². The largest absolute Gasteiger partial charge is 0.468 e. The zero-order valence-electron chi connectivity index (χ0n) is 9.58. The Hall–Kier alpha value is -1.88. The van der Waals surface area contributed by atoms with Crippen molar-refractivity contribution in [2.24, 2.45) is 0 Å². The van der Waals surface area contributed by atoms with E-state index in [1.165, 1.54) is 18.9 Å². The zero-order chi connectivity index (χ0) is 12.6. The Kier molecular flexibility index (Phi) is 2.85. The molecule has 0 aliphatic carbocycles. The van der Waals surface area contributed by atoms with Gasteiger partial charge < -0.3 is 9.84 Å². The van der Waals surface area contributed by atoms with Crippen molar-refractivity contribution < 1.29 is 19.4 Å². The Morgan fingerprint density at radius 3 is 2.59 bits per heavy atom. The highest BCUT2D eigenvalue weighted by molar-refractivity contribution is 5.98. The Balaban J connectivity index is 2.52. The van der Waals surface area contributed by atoms with Gasteiger partial charge in [-0.3, -0.25) is 14.5 Å². The number of anilines is 1. The van der Waals surface area contributed by atoms with Crippen molar-refractivity contribution in [1.82, 2.24) is 0 Å². The number of carbonyl (C=O) groups is 2. The molecule has 2 atom stereocenters. The Labute approximate surface area is 98.6 Å². The average molecular weight is 235 g/mol. The minimum atomic E-state index is -1.20. The summed E-state index contributed by atoms with van der Waals surface area (Å²) in [5.41, 5.74) is 1.17. The van der Waals surface area contributed by atoms with Gasteiger partial charge in [0, 0.05) is 6.92 Å². The van der Waals surface area contributed by atoms with Crippen molar-refractivity contribution in [3.63, 3.8) is 0 Å². The zero-order valence-corrected chi connectivity index (χ0v) is 9.58. The second-order valence-electron chi connectivity index (χ2n) is 3.86. The normalized spacial score (nSPS) is 22.2. The molecule has 5 heteroatoms. The fraction of sp³-hybridized carbons (Fsp3) is 0.333. The molecule has 0 aromatic heterocycles. The first-order chi connectivity index (χ1) is 8.07. The lowest BCUT2D eigenvalue weighted by atomic mass is 10.0. The Morgan fingerprint density at radius 2 is 2.00 bits per heavy atom. The number of carbonyl (C=O) groups excluding carboxylic acids is 2. The third-order valence-corrected chi connectivity index (χ3v) is 2.89. The molecule has 5 nitrogen and oxygen atoms in total. The Bertz CT molecular complexity index is 471. The van der Waals surface area contributed by atoms with Gasteiger partial charge in [-0.15, -0.1) is 0 Å². The predicted octanol–water partition coefficient (Wildman–Crippen LogP) is 0.628. The maximum atomic E-state index is 11.6. The second kappa shape index (κ2) is 4.18. The quantitative estimate of drug-likeness (QED) is 0.725. The Morgan fingerprint density at radius 1 is 1.35 bits per heavy atom. The van der Waals surface area contributed by atoms with Gasteiger partial charge in [-0.05, 0) is 11.6 Å². The minimum Gasteiger partial charge on any atom is -0.468 e. The van der Waals surface area contributed by atoms with Gasteiger partial charge in [-0.25, -0.2) is 0 Å². The number of aliphatic hydroxyl groups excluding tert-OH is 1. The highest BCUT2D eigenvalue weighted by Crippen LogP contribution is 2.40. The number of hydrogen-bond donors (Lipinski definition) is 1. The van der Waals surface area contributed by atoms with Crippen LogP contribution in [0.3, 0.4) is 0 Å². The molecule has 2 rings (SSSR count). The van der Waals surface area contributed by atoms with E-state index >= 15 is 0 Å². The van der Waals surface area contributed by atoms with Crippen LogP contribution in [0.2, 0.25) is 0 Å². The SMILES string of the molecule is COC(=O)[C@H]1c2ccccc2N(C(C)=O)[C@@H]1O. The van der Waals surface area contributed by atoms with Gasteiger partial charge in [0.1, 0.15) is 5.92 Å². The van der Waals surface area contributed by atoms with E-state index in [-0.39, 0.29) is 5.91 Å². The summed E-state index contributed by atoms with van der Waals surface area (Å²) in [6, 6.07) is 6.91. The monoisotopic (exact) mass is 235 g/mol. The van der Waals surface area contributed by atoms with E-state index in [4.69, 9.17) is 0 Å². The van der Waals surface area contributed by atoms with Crippen molar-refractivity contribution in [3.8, 4) is 0 Å². The number of esters is 1. The van der Waals surface area contributed by atoms with Crippen LogP contribution in [0, 0.1) is 0 Å². The van der Waals surface area contributed by atoms with Crippen molar-refractivity contribution in [3.05, 3.63) is 29.8 Å². The van der Waals surface area contributed by atoms with E-state index < -0.39 is 18.1 Å². The van der Waals surface area contributed by atoms with E-state index in [1.54, 1.807) is 24.3 Å². The molecule has 1 aliphatic heterocycles. The lowest BCUT2D eigenvalue weighted by Crippen LogP contribution is -2.39. The van der Waals surface area contributed by atoms with Gasteiger partial charge in [0.2, 0.25) is 5.91 Å². The number of fused-ring (bicyclic) bond motifs is 1. The van der Waals surface area contributed by atoms with E-state index in [0.29, 0.717) is 11.3 Å². The van der Waals surface area contributed by atoms with Gasteiger partial charge in [-0.1, -0.05) is 18.2 Å². The smallest absolute Gasteiger partial charge is 0.317 e. The van der Waals surface area contributed by atoms with Crippen LogP contribution in [0.15, 0.2) is 24.3 Å². The molecule has 1 N–H and O–H groups in total. The summed E-state index contributed by atoms with van der Waals surface area (Å²) in [4.78, 5) is 24.3. The molecule has 0 unspecified atom stereocenters. The molecule has 0 bridgehead atoms. The van der Waals surface area contributed by atoms with Crippen LogP contribution in [-0.2, 0) is 14.3 Å². The van der Waals surface area contributed by atoms with Crippen molar-refractivity contribution in [2.75, 3.05) is 12.0 Å². The van der Waals surface area contributed by atoms with E-state index in [1.807, 2.05) is 0 Å². The second-order valence-corrected chi connectivity index (χ2v) is 3.86. The number of hydrogen-bond acceptors (Lipinski definition) is 4. The van der Waals surface area contributed by atoms with Crippen LogP contribution >= 0.6 is 0 Å². The third kappa shape index (κ3) is 1.68. The number of para-hydroxylation sites is 1. The molecule has 0 saturated heterocycles. The van der Waals surface area contributed by atoms with Crippen molar-refractivity contribution >= 4 is 17.6 Å².